The van der Waals surface area contributed by atoms with Crippen molar-refractivity contribution in [2.45, 2.75) is 57.2 Å². The number of rotatable bonds is 6. The van der Waals surface area contributed by atoms with E-state index in [9.17, 15) is 5.26 Å². The summed E-state index contributed by atoms with van der Waals surface area (Å²) in [6.45, 7) is 7.03. The molecule has 2 fully saturated rings. The van der Waals surface area contributed by atoms with Crippen LogP contribution < -0.4 is 24.8 Å². The summed E-state index contributed by atoms with van der Waals surface area (Å²) in [5.41, 5.74) is 6.43. The van der Waals surface area contributed by atoms with Crippen LogP contribution in [0.25, 0.3) is 0 Å². The average Bonchev–Trinajstić information content (AvgIpc) is 3.35. The summed E-state index contributed by atoms with van der Waals surface area (Å²) in [4.78, 5) is 19.6. The summed E-state index contributed by atoms with van der Waals surface area (Å²) in [6.07, 6.45) is 6.12. The number of para-hydroxylation sites is 1. The first-order valence-corrected chi connectivity index (χ1v) is 14.3. The molecule has 2 saturated heterocycles. The van der Waals surface area contributed by atoms with Gasteiger partial charge in [-0.25, -0.2) is 0 Å². The van der Waals surface area contributed by atoms with Gasteiger partial charge in [-0.2, -0.15) is 15.2 Å². The molecule has 1 aromatic carbocycles. The summed E-state index contributed by atoms with van der Waals surface area (Å²) < 4.78 is 6.30. The maximum Gasteiger partial charge on any atom is 0.318 e. The highest BCUT2D eigenvalue weighted by molar-refractivity contribution is 5.76. The molecule has 9 heteroatoms. The van der Waals surface area contributed by atoms with E-state index in [-0.39, 0.29) is 6.04 Å². The molecule has 9 nitrogen and oxygen atoms in total. The van der Waals surface area contributed by atoms with Crippen LogP contribution in [0, 0.1) is 11.3 Å². The lowest BCUT2D eigenvalue weighted by atomic mass is 9.98. The van der Waals surface area contributed by atoms with Gasteiger partial charge < -0.3 is 29.7 Å². The van der Waals surface area contributed by atoms with Crippen LogP contribution in [0.2, 0.25) is 0 Å². The number of ether oxygens (including phenoxy) is 1. The molecular weight excluding hydrogens is 476 g/mol. The molecule has 2 atom stereocenters. The Kier molecular flexibility index (Phi) is 7.26. The second kappa shape index (κ2) is 11.0. The van der Waals surface area contributed by atoms with E-state index in [4.69, 9.17) is 14.7 Å². The molecule has 0 aliphatic carbocycles. The lowest BCUT2D eigenvalue weighted by molar-refractivity contribution is 0.187. The van der Waals surface area contributed by atoms with E-state index in [0.29, 0.717) is 25.1 Å². The molecule has 1 N–H and O–H groups in total. The third kappa shape index (κ3) is 4.99. The molecule has 38 heavy (non-hydrogen) atoms. The smallest absolute Gasteiger partial charge is 0.318 e. The maximum absolute atomic E-state index is 9.28. The number of anilines is 3. The Morgan fingerprint density at radius 1 is 1.08 bits per heavy atom. The van der Waals surface area contributed by atoms with E-state index in [0.717, 1.165) is 76.6 Å². The molecule has 0 saturated carbocycles. The molecule has 0 amide bonds. The fourth-order valence-electron chi connectivity index (χ4n) is 6.64. The number of benzene rings is 1. The number of hydrogen-bond acceptors (Lipinski definition) is 9. The van der Waals surface area contributed by atoms with Gasteiger partial charge >= 0.3 is 6.01 Å². The van der Waals surface area contributed by atoms with Gasteiger partial charge in [0.2, 0.25) is 0 Å². The summed E-state index contributed by atoms with van der Waals surface area (Å²) in [6, 6.07) is 10.1. The quantitative estimate of drug-likeness (QED) is 0.623. The van der Waals surface area contributed by atoms with Crippen LogP contribution in [0.3, 0.4) is 0 Å². The Labute approximate surface area is 226 Å². The van der Waals surface area contributed by atoms with Crippen LogP contribution in [-0.2, 0) is 19.4 Å². The number of nitriles is 1. The van der Waals surface area contributed by atoms with Crippen molar-refractivity contribution in [2.24, 2.45) is 0 Å². The Morgan fingerprint density at radius 3 is 2.84 bits per heavy atom. The van der Waals surface area contributed by atoms with Crippen molar-refractivity contribution in [1.82, 2.24) is 20.2 Å². The van der Waals surface area contributed by atoms with Gasteiger partial charge in [0.25, 0.3) is 0 Å². The minimum absolute atomic E-state index is 0.155. The maximum atomic E-state index is 9.28. The lowest BCUT2D eigenvalue weighted by Gasteiger charge is -2.39. The zero-order valence-corrected chi connectivity index (χ0v) is 22.8. The van der Waals surface area contributed by atoms with Crippen LogP contribution in [0.5, 0.6) is 6.01 Å². The molecule has 2 aromatic rings. The minimum Gasteiger partial charge on any atom is -0.462 e. The van der Waals surface area contributed by atoms with E-state index < -0.39 is 0 Å². The molecule has 0 unspecified atom stereocenters. The molecular formula is C29H40N8O. The summed E-state index contributed by atoms with van der Waals surface area (Å²) >= 11 is 0. The molecule has 6 rings (SSSR count). The second-order valence-corrected chi connectivity index (χ2v) is 11.3. The SMILES string of the molecule is CN1CCCc2cccc(N3CCc4c(nc(OC[C@@H]5CCCN5C)nc4N4CCN[C@@H](CC#N)C4)C3)c21. The van der Waals surface area contributed by atoms with Gasteiger partial charge in [-0.05, 0) is 57.3 Å². The molecule has 0 bridgehead atoms. The summed E-state index contributed by atoms with van der Waals surface area (Å²) in [5, 5.41) is 12.8. The van der Waals surface area contributed by atoms with Crippen LogP contribution in [-0.4, -0.2) is 86.9 Å². The number of likely N-dealkylation sites (N-methyl/N-ethyl adjacent to an activating group) is 1. The van der Waals surface area contributed by atoms with E-state index in [1.54, 1.807) is 0 Å². The number of hydrogen-bond donors (Lipinski definition) is 1. The first-order valence-electron chi connectivity index (χ1n) is 14.3. The van der Waals surface area contributed by atoms with E-state index in [1.165, 1.54) is 35.3 Å². The van der Waals surface area contributed by atoms with Crippen molar-refractivity contribution in [2.75, 3.05) is 74.7 Å². The van der Waals surface area contributed by atoms with Crippen molar-refractivity contribution in [3.05, 3.63) is 35.0 Å². The predicted octanol–water partition coefficient (Wildman–Crippen LogP) is 2.59. The lowest BCUT2D eigenvalue weighted by Crippen LogP contribution is -2.51. The Bertz CT molecular complexity index is 1200. The van der Waals surface area contributed by atoms with E-state index >= 15 is 0 Å². The van der Waals surface area contributed by atoms with Crippen LogP contribution in [0.1, 0.15) is 42.5 Å². The zero-order chi connectivity index (χ0) is 26.1. The topological polar surface area (TPSA) is 83.8 Å². The number of nitrogens with one attached hydrogen (secondary N) is 1. The number of aromatic nitrogens is 2. The number of likely N-dealkylation sites (tertiary alicyclic amines) is 1. The molecule has 4 aliphatic heterocycles. The zero-order valence-electron chi connectivity index (χ0n) is 22.8. The van der Waals surface area contributed by atoms with Crippen LogP contribution >= 0.6 is 0 Å². The molecule has 1 aromatic heterocycles. The Hall–Kier alpha value is -3.09. The Morgan fingerprint density at radius 2 is 2.00 bits per heavy atom. The first-order chi connectivity index (χ1) is 18.6. The molecule has 0 spiro atoms. The fourth-order valence-corrected chi connectivity index (χ4v) is 6.64. The monoisotopic (exact) mass is 516 g/mol. The van der Waals surface area contributed by atoms with Crippen LogP contribution in [0.4, 0.5) is 17.2 Å². The van der Waals surface area contributed by atoms with Gasteiger partial charge in [0.1, 0.15) is 12.4 Å². The summed E-state index contributed by atoms with van der Waals surface area (Å²) in [5.74, 6) is 1.00. The van der Waals surface area contributed by atoms with Crippen LogP contribution in [0.15, 0.2) is 18.2 Å². The highest BCUT2D eigenvalue weighted by Gasteiger charge is 2.31. The fraction of sp³-hybridized carbons (Fsp3) is 0.621. The van der Waals surface area contributed by atoms with Crippen molar-refractivity contribution < 1.29 is 4.74 Å². The van der Waals surface area contributed by atoms with Gasteiger partial charge in [0.05, 0.1) is 36.1 Å². The van der Waals surface area contributed by atoms with Gasteiger partial charge in [-0.15, -0.1) is 0 Å². The summed E-state index contributed by atoms with van der Waals surface area (Å²) in [7, 11) is 4.39. The predicted molar refractivity (Wildman–Crippen MR) is 150 cm³/mol. The Balaban J connectivity index is 1.31. The first kappa shape index (κ1) is 25.2. The highest BCUT2D eigenvalue weighted by Crippen LogP contribution is 2.39. The molecule has 5 heterocycles. The third-order valence-electron chi connectivity index (χ3n) is 8.75. The number of aryl methyl sites for hydroxylation is 1. The molecule has 0 radical (unpaired) electrons. The largest absolute Gasteiger partial charge is 0.462 e. The van der Waals surface area contributed by atoms with E-state index in [1.807, 2.05) is 0 Å². The number of fused-ring (bicyclic) bond motifs is 2. The van der Waals surface area contributed by atoms with Crippen molar-refractivity contribution in [3.63, 3.8) is 0 Å². The second-order valence-electron chi connectivity index (χ2n) is 11.3. The molecule has 4 aliphatic rings. The van der Waals surface area contributed by atoms with Gasteiger partial charge in [-0.1, -0.05) is 12.1 Å². The van der Waals surface area contributed by atoms with Crippen molar-refractivity contribution >= 4 is 17.2 Å². The normalized spacial score (nSPS) is 23.7. The highest BCUT2D eigenvalue weighted by atomic mass is 16.5. The van der Waals surface area contributed by atoms with Gasteiger partial charge in [0.15, 0.2) is 0 Å². The van der Waals surface area contributed by atoms with Crippen molar-refractivity contribution in [1.29, 1.82) is 5.26 Å². The minimum atomic E-state index is 0.155. The van der Waals surface area contributed by atoms with E-state index in [2.05, 4.69) is 63.3 Å². The standard InChI is InChI=1S/C29H40N8O/c1-34-14-5-8-23(34)20-38-29-32-25-19-36(26-9-3-6-21-7-4-15-35(2)27(21)26)16-11-24(25)28(33-29)37-17-13-31-22(18-37)10-12-30/h3,6,9,22-23,31H,4-5,7-8,10-11,13-20H2,1-2H3/t22-,23-/m0/s1. The average molecular weight is 517 g/mol. The third-order valence-corrected chi connectivity index (χ3v) is 8.75. The van der Waals surface area contributed by atoms with Crippen molar-refractivity contribution in [3.8, 4) is 12.1 Å². The number of piperazine rings is 1. The number of nitrogens with zero attached hydrogens (tertiary/aromatic N) is 7. The molecule has 202 valence electrons. The van der Waals surface area contributed by atoms with Gasteiger partial charge in [-0.3, -0.25) is 0 Å². The van der Waals surface area contributed by atoms with Gasteiger partial charge in [0, 0.05) is 57.4 Å².